The van der Waals surface area contributed by atoms with Crippen LogP contribution in [0.2, 0.25) is 0 Å². The van der Waals surface area contributed by atoms with E-state index in [1.807, 2.05) is 6.92 Å². The van der Waals surface area contributed by atoms with Crippen LogP contribution >= 0.6 is 0 Å². The zero-order chi connectivity index (χ0) is 15.7. The molecule has 1 aromatic carbocycles. The van der Waals surface area contributed by atoms with Crippen molar-refractivity contribution in [2.45, 2.75) is 38.7 Å². The van der Waals surface area contributed by atoms with Crippen molar-refractivity contribution in [3.8, 4) is 0 Å². The molecule has 1 N–H and O–H groups in total. The molecular weight excluding hydrogens is 286 g/mol. The van der Waals surface area contributed by atoms with Gasteiger partial charge in [-0.3, -0.25) is 0 Å². The molecule has 0 heterocycles. The van der Waals surface area contributed by atoms with Gasteiger partial charge >= 0.3 is 0 Å². The third-order valence-corrected chi connectivity index (χ3v) is 2.94. The van der Waals surface area contributed by atoms with Gasteiger partial charge in [0.2, 0.25) is 0 Å². The average molecular weight is 307 g/mol. The average Bonchev–Trinajstić information content (AvgIpc) is 2.39. The highest BCUT2D eigenvalue weighted by molar-refractivity contribution is 5.19. The first kappa shape index (κ1) is 17.9. The second-order valence-electron chi connectivity index (χ2n) is 4.89. The van der Waals surface area contributed by atoms with Crippen LogP contribution in [0.1, 0.15) is 25.3 Å². The summed E-state index contributed by atoms with van der Waals surface area (Å²) < 4.78 is 55.1. The molecule has 1 rings (SSSR count). The lowest BCUT2D eigenvalue weighted by Gasteiger charge is -2.19. The molecule has 0 saturated carbocycles. The number of nitrogens with one attached hydrogen (secondary N) is 1. The van der Waals surface area contributed by atoms with Gasteiger partial charge in [0.25, 0.3) is 6.43 Å². The van der Waals surface area contributed by atoms with Gasteiger partial charge < -0.3 is 10.1 Å². The molecule has 0 aliphatic rings. The van der Waals surface area contributed by atoms with Crippen molar-refractivity contribution in [3.63, 3.8) is 0 Å². The Bertz CT molecular complexity index is 394. The second-order valence-corrected chi connectivity index (χ2v) is 4.89. The molecule has 0 bridgehead atoms. The van der Waals surface area contributed by atoms with Gasteiger partial charge in [0.05, 0.1) is 0 Å². The fraction of sp³-hybridized carbons (Fsp3) is 0.600. The number of hydrogen-bond donors (Lipinski definition) is 1. The molecule has 6 heteroatoms. The minimum Gasteiger partial charge on any atom is -0.375 e. The predicted octanol–water partition coefficient (Wildman–Crippen LogP) is 3.55. The van der Waals surface area contributed by atoms with Crippen LogP contribution in [-0.2, 0) is 11.2 Å². The van der Waals surface area contributed by atoms with E-state index in [0.29, 0.717) is 18.4 Å². The Morgan fingerprint density at radius 3 is 2.38 bits per heavy atom. The summed E-state index contributed by atoms with van der Waals surface area (Å²) in [5, 5.41) is 3.23. The molecule has 0 aliphatic heterocycles. The van der Waals surface area contributed by atoms with Crippen molar-refractivity contribution in [1.82, 2.24) is 5.32 Å². The van der Waals surface area contributed by atoms with Crippen LogP contribution in [0.5, 0.6) is 0 Å². The maximum Gasteiger partial charge on any atom is 0.261 e. The van der Waals surface area contributed by atoms with Gasteiger partial charge in [0.1, 0.15) is 18.2 Å². The topological polar surface area (TPSA) is 21.3 Å². The van der Waals surface area contributed by atoms with Gasteiger partial charge in [0, 0.05) is 18.7 Å². The summed E-state index contributed by atoms with van der Waals surface area (Å²) in [6.45, 7) is 2.34. The lowest BCUT2D eigenvalue weighted by Crippen LogP contribution is -2.33. The van der Waals surface area contributed by atoms with Crippen LogP contribution in [0.4, 0.5) is 17.6 Å². The van der Waals surface area contributed by atoms with Crippen LogP contribution in [0.25, 0.3) is 0 Å². The molecule has 2 nitrogen and oxygen atoms in total. The molecule has 1 atom stereocenters. The number of halogens is 4. The SMILES string of the molecule is CCCNC(CCOCC(F)F)Cc1cc(F)cc(F)c1. The third kappa shape index (κ3) is 8.02. The maximum atomic E-state index is 13.2. The predicted molar refractivity (Wildman–Crippen MR) is 73.6 cm³/mol. The Hall–Kier alpha value is -1.14. The van der Waals surface area contributed by atoms with E-state index < -0.39 is 24.7 Å². The molecule has 120 valence electrons. The van der Waals surface area contributed by atoms with Crippen LogP contribution < -0.4 is 5.32 Å². The molecule has 0 amide bonds. The van der Waals surface area contributed by atoms with E-state index in [0.717, 1.165) is 19.0 Å². The summed E-state index contributed by atoms with van der Waals surface area (Å²) in [5.41, 5.74) is 0.537. The lowest BCUT2D eigenvalue weighted by molar-refractivity contribution is 0.0144. The van der Waals surface area contributed by atoms with Crippen molar-refractivity contribution in [2.75, 3.05) is 19.8 Å². The maximum absolute atomic E-state index is 13.2. The van der Waals surface area contributed by atoms with Crippen LogP contribution in [-0.4, -0.2) is 32.2 Å². The smallest absolute Gasteiger partial charge is 0.261 e. The molecule has 21 heavy (non-hydrogen) atoms. The molecule has 0 radical (unpaired) electrons. The number of hydrogen-bond acceptors (Lipinski definition) is 2. The highest BCUT2D eigenvalue weighted by atomic mass is 19.3. The number of benzene rings is 1. The van der Waals surface area contributed by atoms with Crippen LogP contribution in [0, 0.1) is 11.6 Å². The molecule has 0 spiro atoms. The van der Waals surface area contributed by atoms with E-state index in [1.54, 1.807) is 0 Å². The Labute approximate surface area is 122 Å². The number of rotatable bonds is 10. The highest BCUT2D eigenvalue weighted by Crippen LogP contribution is 2.12. The first-order valence-corrected chi connectivity index (χ1v) is 7.05. The Balaban J connectivity index is 2.51. The lowest BCUT2D eigenvalue weighted by atomic mass is 10.0. The van der Waals surface area contributed by atoms with Crippen molar-refractivity contribution >= 4 is 0 Å². The van der Waals surface area contributed by atoms with E-state index in [-0.39, 0.29) is 12.6 Å². The van der Waals surface area contributed by atoms with E-state index in [2.05, 4.69) is 5.32 Å². The first-order chi connectivity index (χ1) is 10.0. The quantitative estimate of drug-likeness (QED) is 0.527. The zero-order valence-electron chi connectivity index (χ0n) is 12.0. The van der Waals surface area contributed by atoms with Gasteiger partial charge in [-0.25, -0.2) is 17.6 Å². The largest absolute Gasteiger partial charge is 0.375 e. The van der Waals surface area contributed by atoms with Crippen LogP contribution in [0.3, 0.4) is 0 Å². The molecule has 1 unspecified atom stereocenters. The van der Waals surface area contributed by atoms with Crippen LogP contribution in [0.15, 0.2) is 18.2 Å². The molecule has 1 aromatic rings. The molecule has 0 saturated heterocycles. The van der Waals surface area contributed by atoms with Gasteiger partial charge in [-0.05, 0) is 43.5 Å². The Kier molecular flexibility index (Phi) is 8.30. The van der Waals surface area contributed by atoms with Gasteiger partial charge in [-0.15, -0.1) is 0 Å². The van der Waals surface area contributed by atoms with E-state index in [1.165, 1.54) is 12.1 Å². The fourth-order valence-electron chi connectivity index (χ4n) is 2.04. The minimum atomic E-state index is -2.48. The van der Waals surface area contributed by atoms with Crippen molar-refractivity contribution < 1.29 is 22.3 Å². The van der Waals surface area contributed by atoms with E-state index in [9.17, 15) is 17.6 Å². The van der Waals surface area contributed by atoms with Crippen molar-refractivity contribution in [2.24, 2.45) is 0 Å². The second kappa shape index (κ2) is 9.73. The summed E-state index contributed by atoms with van der Waals surface area (Å²) in [4.78, 5) is 0. The Morgan fingerprint density at radius 1 is 1.14 bits per heavy atom. The number of alkyl halides is 2. The molecule has 0 aliphatic carbocycles. The fourth-order valence-corrected chi connectivity index (χ4v) is 2.04. The summed E-state index contributed by atoms with van der Waals surface area (Å²) >= 11 is 0. The van der Waals surface area contributed by atoms with Gasteiger partial charge in [-0.2, -0.15) is 0 Å². The molecule has 0 fully saturated rings. The normalized spacial score (nSPS) is 12.9. The van der Waals surface area contributed by atoms with Gasteiger partial charge in [0.15, 0.2) is 0 Å². The third-order valence-electron chi connectivity index (χ3n) is 2.94. The summed E-state index contributed by atoms with van der Waals surface area (Å²) in [6, 6.07) is 3.32. The monoisotopic (exact) mass is 307 g/mol. The molecular formula is C15H21F4NO. The summed E-state index contributed by atoms with van der Waals surface area (Å²) in [7, 11) is 0. The van der Waals surface area contributed by atoms with Gasteiger partial charge in [-0.1, -0.05) is 6.92 Å². The van der Waals surface area contributed by atoms with Crippen molar-refractivity contribution in [3.05, 3.63) is 35.4 Å². The van der Waals surface area contributed by atoms with E-state index >= 15 is 0 Å². The number of ether oxygens (including phenoxy) is 1. The molecule has 0 aromatic heterocycles. The minimum absolute atomic E-state index is 0.0659. The summed E-state index contributed by atoms with van der Waals surface area (Å²) in [5.74, 6) is -1.23. The Morgan fingerprint density at radius 2 is 1.81 bits per heavy atom. The zero-order valence-corrected chi connectivity index (χ0v) is 12.0. The first-order valence-electron chi connectivity index (χ1n) is 7.05. The highest BCUT2D eigenvalue weighted by Gasteiger charge is 2.11. The standard InChI is InChI=1S/C15H21F4NO/c1-2-4-20-14(3-5-21-10-15(18)19)8-11-6-12(16)9-13(17)7-11/h6-7,9,14-15,20H,2-5,8,10H2,1H3. The van der Waals surface area contributed by atoms with Crippen molar-refractivity contribution in [1.29, 1.82) is 0 Å². The summed E-state index contributed by atoms with van der Waals surface area (Å²) in [6.07, 6.45) is -0.645. The van der Waals surface area contributed by atoms with E-state index in [4.69, 9.17) is 4.74 Å².